The van der Waals surface area contributed by atoms with E-state index in [2.05, 4.69) is 0 Å². The molecule has 128 valence electrons. The second-order valence-corrected chi connectivity index (χ2v) is 4.08. The number of carbonyl (C=O) groups is 2. The minimum Gasteiger partial charge on any atom is -0.550 e. The van der Waals surface area contributed by atoms with Gasteiger partial charge in [-0.25, -0.2) is 0 Å². The topological polar surface area (TPSA) is 161 Å². The first-order chi connectivity index (χ1) is 9.44. The molecule has 0 bridgehead atoms. The molecule has 0 aliphatic rings. The van der Waals surface area contributed by atoms with E-state index < -0.39 is 23.8 Å². The molecule has 0 heterocycles. The van der Waals surface area contributed by atoms with Gasteiger partial charge in [0.05, 0.1) is 0 Å². The Morgan fingerprint density at radius 1 is 0.667 bits per heavy atom. The fourth-order valence-electron chi connectivity index (χ4n) is 1.38. The van der Waals surface area contributed by atoms with Gasteiger partial charge in [-0.1, -0.05) is 0 Å². The van der Waals surface area contributed by atoms with E-state index in [4.69, 9.17) is 20.4 Å². The summed E-state index contributed by atoms with van der Waals surface area (Å²) in [5.41, 5.74) is 0. The Hall–Kier alpha value is -0.558. The minimum atomic E-state index is -1.21. The van der Waals surface area contributed by atoms with Crippen molar-refractivity contribution in [2.75, 3.05) is 26.4 Å². The van der Waals surface area contributed by atoms with Crippen molar-refractivity contribution in [2.24, 2.45) is 11.8 Å². The average Bonchev–Trinajstić information content (AvgIpc) is 2.38. The molecule has 0 atom stereocenters. The Bertz CT molecular complexity index is 224. The molecule has 0 aliphatic heterocycles. The van der Waals surface area contributed by atoms with Crippen LogP contribution in [0.15, 0.2) is 0 Å². The maximum atomic E-state index is 10.1. The zero-order valence-electron chi connectivity index (χ0n) is 11.5. The molecule has 21 heavy (non-hydrogen) atoms. The van der Waals surface area contributed by atoms with Gasteiger partial charge in [0.1, 0.15) is 0 Å². The van der Waals surface area contributed by atoms with Crippen LogP contribution < -0.4 is 10.2 Å². The summed E-state index contributed by atoms with van der Waals surface area (Å²) in [6.45, 7) is -0.728. The van der Waals surface area contributed by atoms with Crippen LogP contribution in [-0.4, -0.2) is 58.8 Å². The van der Waals surface area contributed by atoms with E-state index >= 15 is 0 Å². The molecule has 8 nitrogen and oxygen atoms in total. The fourth-order valence-corrected chi connectivity index (χ4v) is 1.38. The monoisotopic (exact) mass is 400 g/mol. The number of rotatable bonds is 10. The number of carboxylic acid groups (broad SMARTS) is 2. The van der Waals surface area contributed by atoms with E-state index in [0.29, 0.717) is 0 Å². The number of hydrogen-bond donors (Lipinski definition) is 4. The molecule has 0 spiro atoms. The molecular formula is C12H22O8Pd. The molecule has 0 fully saturated rings. The fraction of sp³-hybridized carbons (Fsp3) is 0.833. The quantitative estimate of drug-likeness (QED) is 0.272. The molecule has 0 amide bonds. The molecule has 4 N–H and O–H groups in total. The van der Waals surface area contributed by atoms with Gasteiger partial charge in [0.2, 0.25) is 0 Å². The Morgan fingerprint density at radius 2 is 0.857 bits per heavy atom. The third kappa shape index (κ3) is 15.6. The third-order valence-electron chi connectivity index (χ3n) is 2.58. The molecule has 0 aromatic rings. The second-order valence-electron chi connectivity index (χ2n) is 4.08. The van der Waals surface area contributed by atoms with Crippen molar-refractivity contribution in [1.29, 1.82) is 0 Å². The maximum absolute atomic E-state index is 10.1. The number of carbonyl (C=O) groups excluding carboxylic acids is 2. The van der Waals surface area contributed by atoms with E-state index in [1.165, 1.54) is 0 Å². The van der Waals surface area contributed by atoms with Crippen LogP contribution in [0.25, 0.3) is 0 Å². The van der Waals surface area contributed by atoms with Crippen molar-refractivity contribution in [1.82, 2.24) is 0 Å². The third-order valence-corrected chi connectivity index (χ3v) is 2.58. The van der Waals surface area contributed by atoms with Crippen LogP contribution in [0.5, 0.6) is 0 Å². The van der Waals surface area contributed by atoms with Crippen molar-refractivity contribution in [3.8, 4) is 0 Å². The number of carboxylic acids is 2. The van der Waals surface area contributed by atoms with Crippen molar-refractivity contribution in [2.45, 2.75) is 25.7 Å². The summed E-state index contributed by atoms with van der Waals surface area (Å²) in [5.74, 6) is -3.84. The van der Waals surface area contributed by atoms with Gasteiger partial charge in [-0.05, 0) is 25.7 Å². The number of aliphatic hydroxyl groups is 4. The molecule has 0 saturated carbocycles. The predicted octanol–water partition coefficient (Wildman–Crippen LogP) is -3.77. The number of hydrogen-bond acceptors (Lipinski definition) is 8. The van der Waals surface area contributed by atoms with Crippen LogP contribution in [0.3, 0.4) is 0 Å². The van der Waals surface area contributed by atoms with Crippen molar-refractivity contribution < 1.29 is 60.7 Å². The minimum absolute atomic E-state index is 0. The van der Waals surface area contributed by atoms with E-state index in [-0.39, 0.29) is 72.5 Å². The summed E-state index contributed by atoms with van der Waals surface area (Å²) in [7, 11) is 0. The predicted molar refractivity (Wildman–Crippen MR) is 63.8 cm³/mol. The van der Waals surface area contributed by atoms with Gasteiger partial charge in [0.15, 0.2) is 0 Å². The smallest absolute Gasteiger partial charge is 0.550 e. The molecule has 0 rings (SSSR count). The first-order valence-corrected chi connectivity index (χ1v) is 6.29. The van der Waals surface area contributed by atoms with Crippen LogP contribution in [0.1, 0.15) is 25.7 Å². The van der Waals surface area contributed by atoms with E-state index in [1.807, 2.05) is 0 Å². The summed E-state index contributed by atoms with van der Waals surface area (Å²) in [4.78, 5) is 20.3. The molecule has 0 aliphatic carbocycles. The summed E-state index contributed by atoms with van der Waals surface area (Å²) in [6, 6.07) is 0. The van der Waals surface area contributed by atoms with E-state index in [9.17, 15) is 19.8 Å². The molecule has 0 aromatic carbocycles. The van der Waals surface area contributed by atoms with E-state index in [0.717, 1.165) is 0 Å². The SMILES string of the molecule is O=C([O-])C(CCO)CCO.O=C([O-])C(CCO)CCO.[Pd+2]. The summed E-state index contributed by atoms with van der Waals surface area (Å²) < 4.78 is 0. The average molecular weight is 401 g/mol. The molecule has 0 unspecified atom stereocenters. The zero-order chi connectivity index (χ0) is 16.0. The van der Waals surface area contributed by atoms with Crippen molar-refractivity contribution in [3.05, 3.63) is 0 Å². The summed E-state index contributed by atoms with van der Waals surface area (Å²) in [6.07, 6.45) is 0.623. The van der Waals surface area contributed by atoms with Crippen LogP contribution in [0, 0.1) is 11.8 Å². The summed E-state index contributed by atoms with van der Waals surface area (Å²) in [5, 5.41) is 53.6. The van der Waals surface area contributed by atoms with Crippen LogP contribution in [-0.2, 0) is 30.0 Å². The standard InChI is InChI=1S/2C6H12O4.Pd/c2*7-3-1-5(2-4-8)6(9)10;/h2*5,7-8H,1-4H2,(H,9,10);/q;;+2/p-2. The Balaban J connectivity index is -0.000000295. The second kappa shape index (κ2) is 17.5. The van der Waals surface area contributed by atoms with E-state index in [1.54, 1.807) is 0 Å². The van der Waals surface area contributed by atoms with Gasteiger partial charge in [-0.15, -0.1) is 0 Å². The normalized spacial score (nSPS) is 9.81. The molecule has 0 aromatic heterocycles. The van der Waals surface area contributed by atoms with Crippen LogP contribution in [0.4, 0.5) is 0 Å². The maximum Gasteiger partial charge on any atom is 2.00 e. The van der Waals surface area contributed by atoms with Crippen molar-refractivity contribution in [3.63, 3.8) is 0 Å². The zero-order valence-corrected chi connectivity index (χ0v) is 13.1. The van der Waals surface area contributed by atoms with Gasteiger partial charge in [-0.3, -0.25) is 0 Å². The van der Waals surface area contributed by atoms with Crippen LogP contribution >= 0.6 is 0 Å². The Labute approximate surface area is 137 Å². The number of aliphatic carboxylic acids is 2. The molecular weight excluding hydrogens is 379 g/mol. The molecule has 9 heteroatoms. The van der Waals surface area contributed by atoms with Crippen molar-refractivity contribution >= 4 is 11.9 Å². The molecule has 0 radical (unpaired) electrons. The van der Waals surface area contributed by atoms with Gasteiger partial charge < -0.3 is 40.2 Å². The molecule has 0 saturated heterocycles. The van der Waals surface area contributed by atoms with Crippen LogP contribution in [0.2, 0.25) is 0 Å². The van der Waals surface area contributed by atoms with Gasteiger partial charge in [0, 0.05) is 50.2 Å². The van der Waals surface area contributed by atoms with Gasteiger partial charge >= 0.3 is 20.4 Å². The Kier molecular flexibility index (Phi) is 21.2. The Morgan fingerprint density at radius 3 is 0.952 bits per heavy atom. The summed E-state index contributed by atoms with van der Waals surface area (Å²) >= 11 is 0. The number of aliphatic hydroxyl groups excluding tert-OH is 4. The van der Waals surface area contributed by atoms with Gasteiger partial charge in [-0.2, -0.15) is 0 Å². The first kappa shape index (κ1) is 25.4. The first-order valence-electron chi connectivity index (χ1n) is 6.29. The largest absolute Gasteiger partial charge is 2.00 e. The van der Waals surface area contributed by atoms with Gasteiger partial charge in [0.25, 0.3) is 0 Å².